The molecule has 5 nitrogen and oxygen atoms in total. The Kier molecular flexibility index (Phi) is 5.42. The highest BCUT2D eigenvalue weighted by atomic mass is 35.5. The van der Waals surface area contributed by atoms with Crippen LogP contribution in [0.15, 0.2) is 42.5 Å². The first-order chi connectivity index (χ1) is 12.5. The molecule has 1 heterocycles. The molecule has 1 fully saturated rings. The SMILES string of the molecule is CCOc1ccc(NC(=O)C2CCN(c3ccc(Cl)cc3)C2=O)cc1F. The second-order valence-corrected chi connectivity index (χ2v) is 6.31. The third-order valence-corrected chi connectivity index (χ3v) is 4.41. The van der Waals surface area contributed by atoms with E-state index in [4.69, 9.17) is 16.3 Å². The van der Waals surface area contributed by atoms with Crippen molar-refractivity contribution in [3.8, 4) is 5.75 Å². The Morgan fingerprint density at radius 3 is 2.69 bits per heavy atom. The minimum absolute atomic E-state index is 0.122. The van der Waals surface area contributed by atoms with Gasteiger partial charge < -0.3 is 15.0 Å². The monoisotopic (exact) mass is 376 g/mol. The van der Waals surface area contributed by atoms with E-state index < -0.39 is 17.6 Å². The van der Waals surface area contributed by atoms with Crippen molar-refractivity contribution in [2.45, 2.75) is 13.3 Å². The number of nitrogens with zero attached hydrogens (tertiary/aromatic N) is 1. The van der Waals surface area contributed by atoms with Gasteiger partial charge in [0.1, 0.15) is 5.92 Å². The van der Waals surface area contributed by atoms with E-state index in [9.17, 15) is 14.0 Å². The molecule has 1 aliphatic rings. The van der Waals surface area contributed by atoms with Gasteiger partial charge in [-0.3, -0.25) is 9.59 Å². The van der Waals surface area contributed by atoms with Gasteiger partial charge in [-0.15, -0.1) is 0 Å². The van der Waals surface area contributed by atoms with Crippen LogP contribution in [0.2, 0.25) is 5.02 Å². The molecule has 3 rings (SSSR count). The molecule has 1 saturated heterocycles. The summed E-state index contributed by atoms with van der Waals surface area (Å²) in [5, 5.41) is 3.18. The summed E-state index contributed by atoms with van der Waals surface area (Å²) in [6.45, 7) is 2.54. The van der Waals surface area contributed by atoms with Crippen molar-refractivity contribution in [1.29, 1.82) is 0 Å². The Morgan fingerprint density at radius 2 is 2.04 bits per heavy atom. The van der Waals surface area contributed by atoms with E-state index in [1.165, 1.54) is 12.1 Å². The molecule has 0 aliphatic carbocycles. The zero-order valence-corrected chi connectivity index (χ0v) is 14.9. The van der Waals surface area contributed by atoms with Crippen LogP contribution >= 0.6 is 11.6 Å². The lowest BCUT2D eigenvalue weighted by Gasteiger charge is -2.17. The fourth-order valence-electron chi connectivity index (χ4n) is 2.88. The summed E-state index contributed by atoms with van der Waals surface area (Å²) in [6.07, 6.45) is 0.396. The van der Waals surface area contributed by atoms with Gasteiger partial charge in [-0.25, -0.2) is 4.39 Å². The van der Waals surface area contributed by atoms with E-state index in [0.29, 0.717) is 30.3 Å². The van der Waals surface area contributed by atoms with Crippen LogP contribution in [0.4, 0.5) is 15.8 Å². The first-order valence-electron chi connectivity index (χ1n) is 8.29. The molecule has 7 heteroatoms. The van der Waals surface area contributed by atoms with E-state index in [2.05, 4.69) is 5.32 Å². The van der Waals surface area contributed by atoms with Crippen molar-refractivity contribution in [1.82, 2.24) is 0 Å². The lowest BCUT2D eigenvalue weighted by molar-refractivity contribution is -0.129. The van der Waals surface area contributed by atoms with Crippen molar-refractivity contribution in [2.75, 3.05) is 23.4 Å². The van der Waals surface area contributed by atoms with Crippen molar-refractivity contribution < 1.29 is 18.7 Å². The number of halogens is 2. The normalized spacial score (nSPS) is 16.7. The van der Waals surface area contributed by atoms with Crippen LogP contribution in [0.5, 0.6) is 5.75 Å². The predicted octanol–water partition coefficient (Wildman–Crippen LogP) is 3.87. The number of hydrogen-bond acceptors (Lipinski definition) is 3. The van der Waals surface area contributed by atoms with Crippen LogP contribution < -0.4 is 15.0 Å². The number of carbonyl (C=O) groups excluding carboxylic acids is 2. The fraction of sp³-hybridized carbons (Fsp3) is 0.263. The second kappa shape index (κ2) is 7.74. The number of rotatable bonds is 5. The van der Waals surface area contributed by atoms with Gasteiger partial charge in [0.15, 0.2) is 11.6 Å². The van der Waals surface area contributed by atoms with E-state index >= 15 is 0 Å². The van der Waals surface area contributed by atoms with Gasteiger partial charge in [0.05, 0.1) is 6.61 Å². The molecule has 26 heavy (non-hydrogen) atoms. The molecule has 0 saturated carbocycles. The van der Waals surface area contributed by atoms with E-state index in [0.717, 1.165) is 0 Å². The number of nitrogens with one attached hydrogen (secondary N) is 1. The molecule has 2 amide bonds. The van der Waals surface area contributed by atoms with Gasteiger partial charge in [0.25, 0.3) is 0 Å². The minimum atomic E-state index is -0.805. The number of benzene rings is 2. The van der Waals surface area contributed by atoms with Crippen molar-refractivity contribution in [3.05, 3.63) is 53.3 Å². The molecule has 0 radical (unpaired) electrons. The molecule has 1 N–H and O–H groups in total. The Labute approximate surface area is 155 Å². The number of anilines is 2. The molecular weight excluding hydrogens is 359 g/mol. The molecule has 0 bridgehead atoms. The number of amides is 2. The average Bonchev–Trinajstić information content (AvgIpc) is 3.00. The topological polar surface area (TPSA) is 58.6 Å². The molecule has 2 aromatic rings. The second-order valence-electron chi connectivity index (χ2n) is 5.88. The molecule has 1 unspecified atom stereocenters. The zero-order valence-electron chi connectivity index (χ0n) is 14.2. The molecule has 1 aliphatic heterocycles. The van der Waals surface area contributed by atoms with Gasteiger partial charge in [-0.1, -0.05) is 11.6 Å². The smallest absolute Gasteiger partial charge is 0.239 e. The summed E-state index contributed by atoms with van der Waals surface area (Å²) < 4.78 is 19.0. The van der Waals surface area contributed by atoms with Crippen LogP contribution in [0, 0.1) is 11.7 Å². The fourth-order valence-corrected chi connectivity index (χ4v) is 3.01. The maximum Gasteiger partial charge on any atom is 0.239 e. The largest absolute Gasteiger partial charge is 0.491 e. The summed E-state index contributed by atoms with van der Waals surface area (Å²) in [7, 11) is 0. The molecule has 2 aromatic carbocycles. The lowest BCUT2D eigenvalue weighted by atomic mass is 10.1. The van der Waals surface area contributed by atoms with Gasteiger partial charge in [-0.05, 0) is 49.7 Å². The van der Waals surface area contributed by atoms with Crippen LogP contribution in [0.3, 0.4) is 0 Å². The third-order valence-electron chi connectivity index (χ3n) is 4.16. The zero-order chi connectivity index (χ0) is 18.7. The van der Waals surface area contributed by atoms with Crippen molar-refractivity contribution >= 4 is 34.8 Å². The van der Waals surface area contributed by atoms with E-state index in [1.54, 1.807) is 42.2 Å². The Bertz CT molecular complexity index is 826. The third kappa shape index (κ3) is 3.80. The van der Waals surface area contributed by atoms with Crippen molar-refractivity contribution in [3.63, 3.8) is 0 Å². The quantitative estimate of drug-likeness (QED) is 0.806. The molecular formula is C19H18ClFN2O3. The Morgan fingerprint density at radius 1 is 1.31 bits per heavy atom. The maximum absolute atomic E-state index is 13.9. The summed E-state index contributed by atoms with van der Waals surface area (Å²) in [5.74, 6) is -1.98. The predicted molar refractivity (Wildman–Crippen MR) is 98.1 cm³/mol. The summed E-state index contributed by atoms with van der Waals surface area (Å²) in [5.41, 5.74) is 0.982. The Balaban J connectivity index is 1.68. The van der Waals surface area contributed by atoms with Gasteiger partial charge >= 0.3 is 0 Å². The van der Waals surface area contributed by atoms with Gasteiger partial charge in [0, 0.05) is 29.0 Å². The summed E-state index contributed by atoms with van der Waals surface area (Å²) >= 11 is 5.86. The standard InChI is InChI=1S/C19H18ClFN2O3/c1-2-26-17-8-5-13(11-16(17)21)22-18(24)15-9-10-23(19(15)25)14-6-3-12(20)4-7-14/h3-8,11,15H,2,9-10H2,1H3,(H,22,24). The van der Waals surface area contributed by atoms with Crippen LogP contribution in [-0.4, -0.2) is 25.0 Å². The Hall–Kier alpha value is -2.60. The molecule has 0 spiro atoms. The average molecular weight is 377 g/mol. The van der Waals surface area contributed by atoms with Crippen molar-refractivity contribution in [2.24, 2.45) is 5.92 Å². The number of hydrogen-bond donors (Lipinski definition) is 1. The minimum Gasteiger partial charge on any atom is -0.491 e. The number of ether oxygens (including phenoxy) is 1. The lowest BCUT2D eigenvalue weighted by Crippen LogP contribution is -2.33. The van der Waals surface area contributed by atoms with E-state index in [1.807, 2.05) is 0 Å². The van der Waals surface area contributed by atoms with Gasteiger partial charge in [0.2, 0.25) is 11.8 Å². The molecule has 1 atom stereocenters. The van der Waals surface area contributed by atoms with Gasteiger partial charge in [-0.2, -0.15) is 0 Å². The highest BCUT2D eigenvalue weighted by Crippen LogP contribution is 2.28. The first kappa shape index (κ1) is 18.2. The number of carbonyl (C=O) groups is 2. The van der Waals surface area contributed by atoms with Crippen LogP contribution in [0.25, 0.3) is 0 Å². The van der Waals surface area contributed by atoms with Crippen LogP contribution in [-0.2, 0) is 9.59 Å². The molecule has 136 valence electrons. The maximum atomic E-state index is 13.9. The summed E-state index contributed by atoms with van der Waals surface area (Å²) in [6, 6.07) is 11.0. The summed E-state index contributed by atoms with van der Waals surface area (Å²) in [4.78, 5) is 26.6. The van der Waals surface area contributed by atoms with Crippen LogP contribution in [0.1, 0.15) is 13.3 Å². The first-order valence-corrected chi connectivity index (χ1v) is 8.67. The highest BCUT2D eigenvalue weighted by Gasteiger charge is 2.37. The molecule has 0 aromatic heterocycles. The highest BCUT2D eigenvalue weighted by molar-refractivity contribution is 6.30. The van der Waals surface area contributed by atoms with E-state index in [-0.39, 0.29) is 17.3 Å².